The maximum Gasteiger partial charge on any atom is 0.126 e. The van der Waals surface area contributed by atoms with Crippen molar-refractivity contribution in [2.75, 3.05) is 13.7 Å². The summed E-state index contributed by atoms with van der Waals surface area (Å²) in [7, 11) is 1.00. The molecule has 2 aromatic carbocycles. The van der Waals surface area contributed by atoms with Gasteiger partial charge in [0.15, 0.2) is 0 Å². The van der Waals surface area contributed by atoms with Gasteiger partial charge >= 0.3 is 0 Å². The Bertz CT molecular complexity index is 491. The summed E-state index contributed by atoms with van der Waals surface area (Å²) < 4.78 is 24.4. The zero-order chi connectivity index (χ0) is 19.7. The number of aryl methyl sites for hydroxylation is 2. The molecule has 2 aromatic rings. The zero-order valence-corrected chi connectivity index (χ0v) is 15.7. The molecular weight excluding hydrogens is 322 g/mol. The van der Waals surface area contributed by atoms with Crippen molar-refractivity contribution < 1.29 is 13.9 Å². The summed E-state index contributed by atoms with van der Waals surface area (Å²) in [4.78, 5) is 0. The average Bonchev–Trinajstić information content (AvgIpc) is 2.63. The van der Waals surface area contributed by atoms with Gasteiger partial charge in [0.05, 0.1) is 0 Å². The first-order chi connectivity index (χ1) is 12.0. The fraction of sp³-hybridized carbons (Fsp3) is 0.400. The quantitative estimate of drug-likeness (QED) is 0.781. The monoisotopic (exact) mass is 354 g/mol. The number of aliphatic hydroxyl groups excluding tert-OH is 1. The van der Waals surface area contributed by atoms with Crippen molar-refractivity contribution in [2.24, 2.45) is 11.5 Å². The van der Waals surface area contributed by atoms with Crippen molar-refractivity contribution in [3.63, 3.8) is 0 Å². The highest BCUT2D eigenvalue weighted by atomic mass is 19.1. The molecule has 0 saturated carbocycles. The van der Waals surface area contributed by atoms with Gasteiger partial charge in [-0.15, -0.1) is 0 Å². The maximum absolute atomic E-state index is 12.2. The minimum Gasteiger partial charge on any atom is -0.400 e. The molecule has 0 aliphatic rings. The standard InChI is InChI=1S/C9H13N.C7H6F2.C3H9N.CH4O/c1-2-8-4-3-5-9(6-8)7-10;1-5-2-6(8)4-7(9)3-5;1-2-3-4;1-2/h3-6H,2,7,10H2,1H3;2-4H,1H3;2-4H2,1H3;2H,1H3. The van der Waals surface area contributed by atoms with E-state index in [1.54, 1.807) is 6.92 Å². The lowest BCUT2D eigenvalue weighted by Gasteiger charge is -1.98. The second kappa shape index (κ2) is 17.0. The molecule has 0 saturated heterocycles. The smallest absolute Gasteiger partial charge is 0.126 e. The summed E-state index contributed by atoms with van der Waals surface area (Å²) in [6.45, 7) is 7.32. The number of benzene rings is 2. The number of nitrogens with two attached hydrogens (primary N) is 2. The molecule has 2 rings (SSSR count). The molecule has 0 bridgehead atoms. The first-order valence-corrected chi connectivity index (χ1v) is 8.32. The molecule has 0 atom stereocenters. The zero-order valence-electron chi connectivity index (χ0n) is 15.7. The molecule has 142 valence electrons. The molecule has 3 nitrogen and oxygen atoms in total. The summed E-state index contributed by atoms with van der Waals surface area (Å²) >= 11 is 0. The van der Waals surface area contributed by atoms with E-state index in [4.69, 9.17) is 16.6 Å². The van der Waals surface area contributed by atoms with Crippen LogP contribution in [0.3, 0.4) is 0 Å². The maximum atomic E-state index is 12.2. The van der Waals surface area contributed by atoms with Gasteiger partial charge in [-0.25, -0.2) is 8.78 Å². The summed E-state index contributed by atoms with van der Waals surface area (Å²) in [5, 5.41) is 7.00. The minimum absolute atomic E-state index is 0.521. The van der Waals surface area contributed by atoms with E-state index in [0.717, 1.165) is 32.6 Å². The Morgan fingerprint density at radius 3 is 1.72 bits per heavy atom. The van der Waals surface area contributed by atoms with Crippen molar-refractivity contribution in [2.45, 2.75) is 40.2 Å². The van der Waals surface area contributed by atoms with Crippen LogP contribution >= 0.6 is 0 Å². The van der Waals surface area contributed by atoms with Crippen LogP contribution < -0.4 is 11.5 Å². The third-order valence-electron chi connectivity index (χ3n) is 2.93. The van der Waals surface area contributed by atoms with Gasteiger partial charge in [0, 0.05) is 19.7 Å². The highest BCUT2D eigenvalue weighted by molar-refractivity contribution is 5.23. The summed E-state index contributed by atoms with van der Waals surface area (Å²) in [5.41, 5.74) is 13.7. The van der Waals surface area contributed by atoms with E-state index in [1.807, 2.05) is 0 Å². The Morgan fingerprint density at radius 1 is 0.880 bits per heavy atom. The minimum atomic E-state index is -0.521. The molecule has 0 aromatic heterocycles. The highest BCUT2D eigenvalue weighted by Gasteiger charge is 1.94. The highest BCUT2D eigenvalue weighted by Crippen LogP contribution is 2.05. The van der Waals surface area contributed by atoms with Crippen molar-refractivity contribution in [3.05, 3.63) is 70.8 Å². The third kappa shape index (κ3) is 14.2. The van der Waals surface area contributed by atoms with Crippen molar-refractivity contribution in [1.29, 1.82) is 0 Å². The molecule has 0 amide bonds. The fourth-order valence-corrected chi connectivity index (χ4v) is 1.67. The molecular formula is C20H32F2N2O. The molecule has 5 N–H and O–H groups in total. The van der Waals surface area contributed by atoms with Crippen LogP contribution in [-0.2, 0) is 13.0 Å². The Labute approximate surface area is 150 Å². The van der Waals surface area contributed by atoms with Crippen LogP contribution in [0.25, 0.3) is 0 Å². The number of hydrogen-bond donors (Lipinski definition) is 3. The van der Waals surface area contributed by atoms with E-state index in [-0.39, 0.29) is 0 Å². The molecule has 25 heavy (non-hydrogen) atoms. The number of halogens is 2. The van der Waals surface area contributed by atoms with Gasteiger partial charge in [-0.2, -0.15) is 0 Å². The lowest BCUT2D eigenvalue weighted by atomic mass is 10.1. The van der Waals surface area contributed by atoms with Crippen LogP contribution in [0.15, 0.2) is 42.5 Å². The van der Waals surface area contributed by atoms with Crippen LogP contribution in [0, 0.1) is 18.6 Å². The Balaban J connectivity index is 0. The molecule has 0 heterocycles. The Kier molecular flexibility index (Phi) is 17.3. The molecule has 0 unspecified atom stereocenters. The van der Waals surface area contributed by atoms with E-state index in [2.05, 4.69) is 38.1 Å². The Hall–Kier alpha value is -1.82. The molecule has 0 aliphatic heterocycles. The average molecular weight is 354 g/mol. The normalized spacial score (nSPS) is 8.84. The Morgan fingerprint density at radius 2 is 1.36 bits per heavy atom. The number of aliphatic hydroxyl groups is 1. The van der Waals surface area contributed by atoms with Gasteiger partial charge in [0.25, 0.3) is 0 Å². The van der Waals surface area contributed by atoms with E-state index in [0.29, 0.717) is 12.1 Å². The predicted molar refractivity (Wildman–Crippen MR) is 102 cm³/mol. The SMILES string of the molecule is CCCN.CCc1cccc(CN)c1.CO.Cc1cc(F)cc(F)c1. The van der Waals surface area contributed by atoms with Gasteiger partial charge in [-0.1, -0.05) is 38.1 Å². The molecule has 0 radical (unpaired) electrons. The topological polar surface area (TPSA) is 72.3 Å². The second-order valence-electron chi connectivity index (χ2n) is 5.11. The van der Waals surface area contributed by atoms with Crippen LogP contribution in [-0.4, -0.2) is 18.8 Å². The second-order valence-corrected chi connectivity index (χ2v) is 5.11. The van der Waals surface area contributed by atoms with Gasteiger partial charge < -0.3 is 16.6 Å². The molecule has 0 aliphatic carbocycles. The van der Waals surface area contributed by atoms with Crippen LogP contribution in [0.1, 0.15) is 37.0 Å². The van der Waals surface area contributed by atoms with Crippen LogP contribution in [0.2, 0.25) is 0 Å². The first kappa shape index (κ1) is 25.4. The summed E-state index contributed by atoms with van der Waals surface area (Å²) in [6, 6.07) is 11.8. The van der Waals surface area contributed by atoms with E-state index in [9.17, 15) is 8.78 Å². The van der Waals surface area contributed by atoms with Gasteiger partial charge in [-0.05, 0) is 55.1 Å². The van der Waals surface area contributed by atoms with Crippen LogP contribution in [0.4, 0.5) is 8.78 Å². The van der Waals surface area contributed by atoms with Crippen molar-refractivity contribution in [1.82, 2.24) is 0 Å². The first-order valence-electron chi connectivity index (χ1n) is 8.32. The van der Waals surface area contributed by atoms with Crippen molar-refractivity contribution >= 4 is 0 Å². The van der Waals surface area contributed by atoms with Crippen molar-refractivity contribution in [3.8, 4) is 0 Å². The van der Waals surface area contributed by atoms with E-state index < -0.39 is 11.6 Å². The van der Waals surface area contributed by atoms with Gasteiger partial charge in [0.1, 0.15) is 11.6 Å². The number of hydrogen-bond acceptors (Lipinski definition) is 3. The summed E-state index contributed by atoms with van der Waals surface area (Å²) in [5.74, 6) is -1.04. The lowest BCUT2D eigenvalue weighted by molar-refractivity contribution is 0.399. The number of rotatable bonds is 3. The van der Waals surface area contributed by atoms with E-state index in [1.165, 1.54) is 23.3 Å². The third-order valence-corrected chi connectivity index (χ3v) is 2.93. The predicted octanol–water partition coefficient (Wildman–Crippen LogP) is 3.94. The largest absolute Gasteiger partial charge is 0.400 e. The van der Waals surface area contributed by atoms with Gasteiger partial charge in [0.2, 0.25) is 0 Å². The van der Waals surface area contributed by atoms with E-state index >= 15 is 0 Å². The molecule has 5 heteroatoms. The lowest BCUT2D eigenvalue weighted by Crippen LogP contribution is -1.96. The molecule has 0 spiro atoms. The summed E-state index contributed by atoms with van der Waals surface area (Å²) in [6.07, 6.45) is 2.19. The fourth-order valence-electron chi connectivity index (χ4n) is 1.67. The van der Waals surface area contributed by atoms with Crippen LogP contribution in [0.5, 0.6) is 0 Å². The molecule has 0 fully saturated rings. The van der Waals surface area contributed by atoms with Gasteiger partial charge in [-0.3, -0.25) is 0 Å².